The van der Waals surface area contributed by atoms with Crippen molar-refractivity contribution in [3.63, 3.8) is 0 Å². The van der Waals surface area contributed by atoms with Gasteiger partial charge in [-0.2, -0.15) is 0 Å². The topological polar surface area (TPSA) is 60.3 Å². The van der Waals surface area contributed by atoms with Gasteiger partial charge in [-0.25, -0.2) is 0 Å². The number of anilines is 1. The minimum Gasteiger partial charge on any atom is -0.497 e. The Bertz CT molecular complexity index is 1310. The summed E-state index contributed by atoms with van der Waals surface area (Å²) in [6.45, 7) is 2.36. The highest BCUT2D eigenvalue weighted by molar-refractivity contribution is 6.48. The van der Waals surface area contributed by atoms with Gasteiger partial charge in [-0.05, 0) is 67.1 Å². The van der Waals surface area contributed by atoms with Crippen LogP contribution in [0, 0.1) is 6.92 Å². The molecular weight excluding hydrogens is 447 g/mol. The Morgan fingerprint density at radius 3 is 2.19 bits per heavy atom. The summed E-state index contributed by atoms with van der Waals surface area (Å²) in [6, 6.07) is 19.6. The minimum atomic E-state index is -0.719. The molecule has 3 aromatic carbocycles. The third kappa shape index (κ3) is 4.35. The summed E-state index contributed by atoms with van der Waals surface area (Å²) in [6.07, 6.45) is 0. The van der Waals surface area contributed by atoms with E-state index in [0.717, 1.165) is 11.1 Å². The van der Waals surface area contributed by atoms with Crippen LogP contribution in [0.3, 0.4) is 0 Å². The first-order valence-corrected chi connectivity index (χ1v) is 10.7. The Kier molecular flexibility index (Phi) is 6.21. The van der Waals surface area contributed by atoms with E-state index in [2.05, 4.69) is 5.32 Å². The standard InChI is InChI=1S/C25H20Cl2N2O3/c1-15-23(24(30)25(31)28-19-9-7-18(27)8-10-19)21-13-20(32-2)11-12-22(21)29(15)14-16-3-5-17(26)6-4-16/h3-13H,14H2,1-2H3,(H,28,31). The second kappa shape index (κ2) is 9.07. The lowest BCUT2D eigenvalue weighted by atomic mass is 10.1. The Morgan fingerprint density at radius 2 is 1.56 bits per heavy atom. The predicted molar refractivity (Wildman–Crippen MR) is 128 cm³/mol. The molecule has 0 radical (unpaired) electrons. The molecule has 1 amide bonds. The highest BCUT2D eigenvalue weighted by Crippen LogP contribution is 2.31. The molecule has 0 bridgehead atoms. The fourth-order valence-corrected chi connectivity index (χ4v) is 3.94. The van der Waals surface area contributed by atoms with Crippen molar-refractivity contribution in [2.45, 2.75) is 13.5 Å². The second-order valence-electron chi connectivity index (χ2n) is 7.35. The summed E-state index contributed by atoms with van der Waals surface area (Å²) < 4.78 is 7.37. The number of rotatable bonds is 6. The maximum Gasteiger partial charge on any atom is 0.296 e. The summed E-state index contributed by atoms with van der Waals surface area (Å²) in [7, 11) is 1.56. The Morgan fingerprint density at radius 1 is 0.938 bits per heavy atom. The van der Waals surface area contributed by atoms with Gasteiger partial charge in [0.05, 0.1) is 12.7 Å². The largest absolute Gasteiger partial charge is 0.497 e. The van der Waals surface area contributed by atoms with Crippen molar-refractivity contribution in [1.29, 1.82) is 0 Å². The molecule has 0 spiro atoms. The number of amides is 1. The average molecular weight is 467 g/mol. The van der Waals surface area contributed by atoms with Crippen LogP contribution in [-0.2, 0) is 11.3 Å². The Balaban J connectivity index is 1.76. The molecule has 1 N–H and O–H groups in total. The summed E-state index contributed by atoms with van der Waals surface area (Å²) in [5.41, 5.74) is 3.39. The molecular formula is C25H20Cl2N2O3. The molecule has 1 aromatic heterocycles. The van der Waals surface area contributed by atoms with Gasteiger partial charge in [-0.3, -0.25) is 9.59 Å². The number of hydrogen-bond donors (Lipinski definition) is 1. The molecule has 32 heavy (non-hydrogen) atoms. The maximum absolute atomic E-state index is 13.3. The van der Waals surface area contributed by atoms with Gasteiger partial charge < -0.3 is 14.6 Å². The van der Waals surface area contributed by atoms with Crippen molar-refractivity contribution in [3.8, 4) is 5.75 Å². The number of halogens is 2. The number of carbonyl (C=O) groups excluding carboxylic acids is 2. The Labute approximate surface area is 195 Å². The molecule has 0 aliphatic rings. The van der Waals surface area contributed by atoms with Crippen molar-refractivity contribution >= 4 is 51.5 Å². The average Bonchev–Trinajstić information content (AvgIpc) is 3.06. The number of carbonyl (C=O) groups is 2. The van der Waals surface area contributed by atoms with E-state index in [-0.39, 0.29) is 0 Å². The zero-order valence-corrected chi connectivity index (χ0v) is 19.0. The van der Waals surface area contributed by atoms with E-state index in [0.29, 0.717) is 44.7 Å². The smallest absolute Gasteiger partial charge is 0.296 e. The molecule has 162 valence electrons. The van der Waals surface area contributed by atoms with E-state index in [1.807, 2.05) is 47.9 Å². The van der Waals surface area contributed by atoms with Gasteiger partial charge in [0.15, 0.2) is 0 Å². The number of methoxy groups -OCH3 is 1. The van der Waals surface area contributed by atoms with Gasteiger partial charge in [0.2, 0.25) is 0 Å². The molecule has 4 aromatic rings. The molecule has 0 aliphatic carbocycles. The molecule has 0 saturated carbocycles. The van der Waals surface area contributed by atoms with Gasteiger partial charge in [-0.15, -0.1) is 0 Å². The third-order valence-electron chi connectivity index (χ3n) is 5.32. The molecule has 0 saturated heterocycles. The van der Waals surface area contributed by atoms with Gasteiger partial charge in [0.25, 0.3) is 11.7 Å². The number of hydrogen-bond acceptors (Lipinski definition) is 3. The van der Waals surface area contributed by atoms with Crippen LogP contribution >= 0.6 is 23.2 Å². The first-order chi connectivity index (χ1) is 15.4. The second-order valence-corrected chi connectivity index (χ2v) is 8.22. The van der Waals surface area contributed by atoms with E-state index in [4.69, 9.17) is 27.9 Å². The lowest BCUT2D eigenvalue weighted by molar-refractivity contribution is -0.112. The fourth-order valence-electron chi connectivity index (χ4n) is 3.69. The maximum atomic E-state index is 13.3. The van der Waals surface area contributed by atoms with Crippen LogP contribution in [0.25, 0.3) is 10.9 Å². The van der Waals surface area contributed by atoms with Crippen LogP contribution in [-0.4, -0.2) is 23.4 Å². The molecule has 5 nitrogen and oxygen atoms in total. The number of ether oxygens (including phenoxy) is 1. The van der Waals surface area contributed by atoms with Crippen molar-refractivity contribution in [2.24, 2.45) is 0 Å². The zero-order chi connectivity index (χ0) is 22.8. The summed E-state index contributed by atoms with van der Waals surface area (Å²) in [5, 5.41) is 4.51. The van der Waals surface area contributed by atoms with Gasteiger partial charge in [0, 0.05) is 38.9 Å². The zero-order valence-electron chi connectivity index (χ0n) is 17.5. The van der Waals surface area contributed by atoms with Crippen LogP contribution in [0.4, 0.5) is 5.69 Å². The number of Topliss-reactive ketones (excluding diaryl/α,β-unsaturated/α-hetero) is 1. The quantitative estimate of drug-likeness (QED) is 0.274. The van der Waals surface area contributed by atoms with Crippen LogP contribution in [0.15, 0.2) is 66.7 Å². The van der Waals surface area contributed by atoms with Gasteiger partial charge in [-0.1, -0.05) is 35.3 Å². The monoisotopic (exact) mass is 466 g/mol. The molecule has 0 fully saturated rings. The van der Waals surface area contributed by atoms with E-state index in [9.17, 15) is 9.59 Å². The van der Waals surface area contributed by atoms with Crippen molar-refractivity contribution in [3.05, 3.63) is 93.6 Å². The van der Waals surface area contributed by atoms with Crippen molar-refractivity contribution in [2.75, 3.05) is 12.4 Å². The van der Waals surface area contributed by atoms with Crippen LogP contribution in [0.5, 0.6) is 5.75 Å². The fraction of sp³-hybridized carbons (Fsp3) is 0.120. The first kappa shape index (κ1) is 21.9. The van der Waals surface area contributed by atoms with E-state index in [1.165, 1.54) is 0 Å². The molecule has 0 atom stereocenters. The number of aromatic nitrogens is 1. The normalized spacial score (nSPS) is 10.9. The van der Waals surface area contributed by atoms with Crippen molar-refractivity contribution in [1.82, 2.24) is 4.57 Å². The predicted octanol–water partition coefficient (Wildman–Crippen LogP) is 6.13. The third-order valence-corrected chi connectivity index (χ3v) is 5.82. The summed E-state index contributed by atoms with van der Waals surface area (Å²) in [4.78, 5) is 26.1. The number of nitrogens with zero attached hydrogens (tertiary/aromatic N) is 1. The van der Waals surface area contributed by atoms with Crippen molar-refractivity contribution < 1.29 is 14.3 Å². The molecule has 0 aliphatic heterocycles. The Hall–Kier alpha value is -3.28. The number of fused-ring (bicyclic) bond motifs is 1. The minimum absolute atomic E-state index is 0.347. The van der Waals surface area contributed by atoms with Crippen LogP contribution in [0.2, 0.25) is 10.0 Å². The SMILES string of the molecule is COc1ccc2c(c1)c(C(=O)C(=O)Nc1ccc(Cl)cc1)c(C)n2Cc1ccc(Cl)cc1. The van der Waals surface area contributed by atoms with Gasteiger partial charge >= 0.3 is 0 Å². The van der Waals surface area contributed by atoms with Crippen LogP contribution in [0.1, 0.15) is 21.6 Å². The number of benzene rings is 3. The molecule has 0 unspecified atom stereocenters. The highest BCUT2D eigenvalue weighted by atomic mass is 35.5. The van der Waals surface area contributed by atoms with E-state index < -0.39 is 11.7 Å². The molecule has 4 rings (SSSR count). The lowest BCUT2D eigenvalue weighted by Gasteiger charge is -2.09. The van der Waals surface area contributed by atoms with Gasteiger partial charge in [0.1, 0.15) is 5.75 Å². The summed E-state index contributed by atoms with van der Waals surface area (Å²) >= 11 is 11.9. The first-order valence-electron chi connectivity index (χ1n) is 9.90. The number of ketones is 1. The lowest BCUT2D eigenvalue weighted by Crippen LogP contribution is -2.23. The van der Waals surface area contributed by atoms with E-state index in [1.54, 1.807) is 37.4 Å². The van der Waals surface area contributed by atoms with E-state index >= 15 is 0 Å². The summed E-state index contributed by atoms with van der Waals surface area (Å²) in [5.74, 6) is -0.734. The number of nitrogens with one attached hydrogen (secondary N) is 1. The van der Waals surface area contributed by atoms with Crippen LogP contribution < -0.4 is 10.1 Å². The molecule has 1 heterocycles. The molecule has 7 heteroatoms. The highest BCUT2D eigenvalue weighted by Gasteiger charge is 2.26.